The third-order valence-electron chi connectivity index (χ3n) is 2.16. The van der Waals surface area contributed by atoms with Crippen molar-refractivity contribution in [1.29, 1.82) is 0 Å². The Labute approximate surface area is 97.5 Å². The lowest BCUT2D eigenvalue weighted by atomic mass is 10.1. The van der Waals surface area contributed by atoms with Crippen molar-refractivity contribution in [2.75, 3.05) is 19.5 Å². The van der Waals surface area contributed by atoms with Gasteiger partial charge in [0.05, 0.1) is 19.0 Å². The fourth-order valence-corrected chi connectivity index (χ4v) is 1.85. The van der Waals surface area contributed by atoms with Gasteiger partial charge in [0.2, 0.25) is 0 Å². The standard InChI is InChI=1S/C9H13F3O4S/c1-17(13,14)16-5-7-3-2-4-8(7)15-6-9(10,11)12/h2-3,7-8H,4-6H2,1H3/t7-,8-/m1/s1. The van der Waals surface area contributed by atoms with Crippen molar-refractivity contribution in [3.63, 3.8) is 0 Å². The second-order valence-electron chi connectivity index (χ2n) is 3.78. The molecule has 1 rings (SSSR count). The van der Waals surface area contributed by atoms with Crippen molar-refractivity contribution in [2.45, 2.75) is 18.7 Å². The van der Waals surface area contributed by atoms with Gasteiger partial charge in [-0.3, -0.25) is 4.18 Å². The molecule has 0 amide bonds. The summed E-state index contributed by atoms with van der Waals surface area (Å²) in [4.78, 5) is 0. The highest BCUT2D eigenvalue weighted by Crippen LogP contribution is 2.25. The number of hydrogen-bond acceptors (Lipinski definition) is 4. The summed E-state index contributed by atoms with van der Waals surface area (Å²) in [6.45, 7) is -1.54. The lowest BCUT2D eigenvalue weighted by Crippen LogP contribution is -2.28. The van der Waals surface area contributed by atoms with Crippen molar-refractivity contribution >= 4 is 10.1 Å². The number of hydrogen-bond donors (Lipinski definition) is 0. The summed E-state index contributed by atoms with van der Waals surface area (Å²) in [6.07, 6.45) is -0.599. The van der Waals surface area contributed by atoms with Gasteiger partial charge in [-0.25, -0.2) is 0 Å². The first-order valence-electron chi connectivity index (χ1n) is 4.87. The van der Waals surface area contributed by atoms with Crippen LogP contribution in [0.5, 0.6) is 0 Å². The minimum absolute atomic E-state index is 0.197. The monoisotopic (exact) mass is 274 g/mol. The van der Waals surface area contributed by atoms with E-state index in [2.05, 4.69) is 8.92 Å². The van der Waals surface area contributed by atoms with Gasteiger partial charge in [0, 0.05) is 5.92 Å². The van der Waals surface area contributed by atoms with E-state index in [4.69, 9.17) is 0 Å². The molecule has 0 saturated carbocycles. The molecule has 0 radical (unpaired) electrons. The first kappa shape index (κ1) is 14.5. The van der Waals surface area contributed by atoms with E-state index in [0.29, 0.717) is 6.42 Å². The molecule has 1 aliphatic carbocycles. The first-order chi connectivity index (χ1) is 7.67. The lowest BCUT2D eigenvalue weighted by molar-refractivity contribution is -0.188. The molecule has 0 aromatic carbocycles. The van der Waals surface area contributed by atoms with Crippen molar-refractivity contribution in [3.8, 4) is 0 Å². The van der Waals surface area contributed by atoms with E-state index in [1.807, 2.05) is 0 Å². The molecule has 0 aliphatic heterocycles. The van der Waals surface area contributed by atoms with Crippen LogP contribution < -0.4 is 0 Å². The third-order valence-corrected chi connectivity index (χ3v) is 2.73. The second-order valence-corrected chi connectivity index (χ2v) is 5.42. The van der Waals surface area contributed by atoms with Gasteiger partial charge in [0.1, 0.15) is 6.61 Å². The number of halogens is 3. The summed E-state index contributed by atoms with van der Waals surface area (Å²) in [5.41, 5.74) is 0. The van der Waals surface area contributed by atoms with Crippen molar-refractivity contribution in [1.82, 2.24) is 0 Å². The SMILES string of the molecule is CS(=O)(=O)OC[C@H]1C=CC[C@H]1OCC(F)(F)F. The van der Waals surface area contributed by atoms with Crippen LogP contribution >= 0.6 is 0 Å². The molecule has 0 saturated heterocycles. The minimum atomic E-state index is -4.38. The van der Waals surface area contributed by atoms with Crippen LogP contribution in [0.2, 0.25) is 0 Å². The molecule has 0 bridgehead atoms. The van der Waals surface area contributed by atoms with E-state index in [9.17, 15) is 21.6 Å². The van der Waals surface area contributed by atoms with Gasteiger partial charge in [0.15, 0.2) is 0 Å². The topological polar surface area (TPSA) is 52.6 Å². The molecule has 4 nitrogen and oxygen atoms in total. The van der Waals surface area contributed by atoms with Gasteiger partial charge < -0.3 is 4.74 Å². The smallest absolute Gasteiger partial charge is 0.368 e. The van der Waals surface area contributed by atoms with E-state index >= 15 is 0 Å². The minimum Gasteiger partial charge on any atom is -0.368 e. The van der Waals surface area contributed by atoms with Gasteiger partial charge in [-0.15, -0.1) is 0 Å². The summed E-state index contributed by atoms with van der Waals surface area (Å²) in [5.74, 6) is -0.466. The van der Waals surface area contributed by atoms with E-state index < -0.39 is 34.9 Å². The molecule has 100 valence electrons. The largest absolute Gasteiger partial charge is 0.411 e. The van der Waals surface area contributed by atoms with Crippen LogP contribution in [0.15, 0.2) is 12.2 Å². The Kier molecular flexibility index (Phi) is 4.56. The van der Waals surface area contributed by atoms with Crippen LogP contribution in [0.25, 0.3) is 0 Å². The van der Waals surface area contributed by atoms with Crippen LogP contribution in [0, 0.1) is 5.92 Å². The number of alkyl halides is 3. The Morgan fingerprint density at radius 3 is 2.59 bits per heavy atom. The van der Waals surface area contributed by atoms with Gasteiger partial charge in [-0.2, -0.15) is 21.6 Å². The number of ether oxygens (including phenoxy) is 1. The highest BCUT2D eigenvalue weighted by atomic mass is 32.2. The Balaban J connectivity index is 2.41. The van der Waals surface area contributed by atoms with Crippen LogP contribution in [0.1, 0.15) is 6.42 Å². The Morgan fingerprint density at radius 2 is 2.06 bits per heavy atom. The molecule has 0 heterocycles. The Bertz CT molecular complexity index is 374. The van der Waals surface area contributed by atoms with E-state index in [-0.39, 0.29) is 6.61 Å². The first-order valence-corrected chi connectivity index (χ1v) is 6.68. The fraction of sp³-hybridized carbons (Fsp3) is 0.778. The molecule has 0 fully saturated rings. The second kappa shape index (κ2) is 5.36. The normalized spacial score (nSPS) is 25.4. The summed E-state index contributed by atoms with van der Waals surface area (Å²) >= 11 is 0. The quantitative estimate of drug-likeness (QED) is 0.563. The van der Waals surface area contributed by atoms with Crippen molar-refractivity contribution < 1.29 is 30.5 Å². The summed E-state index contributed by atoms with van der Waals surface area (Å²) < 4.78 is 66.5. The molecule has 0 N–H and O–H groups in total. The van der Waals surface area contributed by atoms with Gasteiger partial charge >= 0.3 is 6.18 Å². The molecule has 8 heteroatoms. The molecule has 0 aromatic rings. The van der Waals surface area contributed by atoms with Gasteiger partial charge in [0.25, 0.3) is 10.1 Å². The molecular formula is C9H13F3O4S. The van der Waals surface area contributed by atoms with Crippen molar-refractivity contribution in [2.24, 2.45) is 5.92 Å². The zero-order valence-corrected chi connectivity index (χ0v) is 9.92. The molecule has 0 aromatic heterocycles. The molecule has 17 heavy (non-hydrogen) atoms. The summed E-state index contributed by atoms with van der Waals surface area (Å²) in [5, 5.41) is 0. The Morgan fingerprint density at radius 1 is 1.41 bits per heavy atom. The third kappa shape index (κ3) is 6.04. The fourth-order valence-electron chi connectivity index (χ4n) is 1.44. The van der Waals surface area contributed by atoms with Crippen LogP contribution in [0.3, 0.4) is 0 Å². The van der Waals surface area contributed by atoms with E-state index in [1.54, 1.807) is 12.2 Å². The van der Waals surface area contributed by atoms with Crippen LogP contribution in [-0.2, 0) is 19.0 Å². The van der Waals surface area contributed by atoms with Crippen LogP contribution in [-0.4, -0.2) is 40.2 Å². The zero-order valence-electron chi connectivity index (χ0n) is 9.11. The highest BCUT2D eigenvalue weighted by molar-refractivity contribution is 7.85. The molecular weight excluding hydrogens is 261 g/mol. The van der Waals surface area contributed by atoms with E-state index in [1.165, 1.54) is 0 Å². The average Bonchev–Trinajstić information content (AvgIpc) is 2.56. The predicted molar refractivity (Wildman–Crippen MR) is 53.8 cm³/mol. The molecule has 2 atom stereocenters. The van der Waals surface area contributed by atoms with Crippen LogP contribution in [0.4, 0.5) is 13.2 Å². The molecule has 0 spiro atoms. The maximum atomic E-state index is 11.9. The lowest BCUT2D eigenvalue weighted by Gasteiger charge is -2.20. The van der Waals surface area contributed by atoms with Crippen molar-refractivity contribution in [3.05, 3.63) is 12.2 Å². The maximum Gasteiger partial charge on any atom is 0.411 e. The zero-order chi connectivity index (χ0) is 13.1. The van der Waals surface area contributed by atoms with Gasteiger partial charge in [-0.1, -0.05) is 12.2 Å². The summed E-state index contributed by atoms with van der Waals surface area (Å²) in [6, 6.07) is 0. The Hall–Kier alpha value is -0.600. The maximum absolute atomic E-state index is 11.9. The predicted octanol–water partition coefficient (Wildman–Crippen LogP) is 1.49. The van der Waals surface area contributed by atoms with E-state index in [0.717, 1.165) is 6.26 Å². The molecule has 0 unspecified atom stereocenters. The molecule has 1 aliphatic rings. The van der Waals surface area contributed by atoms with Gasteiger partial charge in [-0.05, 0) is 6.42 Å². The highest BCUT2D eigenvalue weighted by Gasteiger charge is 2.32. The number of rotatable bonds is 5. The summed E-state index contributed by atoms with van der Waals surface area (Å²) in [7, 11) is -3.59. The average molecular weight is 274 g/mol.